The Kier molecular flexibility index (Phi) is 0.765. The largest absolute Gasteiger partial charge is 0.357 e. The third-order valence-electron chi connectivity index (χ3n) is 2.11. The second-order valence-corrected chi connectivity index (χ2v) is 3.76. The molecule has 0 spiro atoms. The highest BCUT2D eigenvalue weighted by Gasteiger charge is 2.24. The maximum Gasteiger partial charge on any atom is 0.0690 e. The lowest BCUT2D eigenvalue weighted by Gasteiger charge is -2.23. The summed E-state index contributed by atoms with van der Waals surface area (Å²) in [6.07, 6.45) is 0. The van der Waals surface area contributed by atoms with Crippen LogP contribution in [0.15, 0.2) is 23.1 Å². The lowest BCUT2D eigenvalue weighted by Crippen LogP contribution is -2.20. The van der Waals surface area contributed by atoms with Crippen LogP contribution in [0.1, 0.15) is 5.56 Å². The van der Waals surface area contributed by atoms with Crippen molar-refractivity contribution in [3.05, 3.63) is 23.8 Å². The van der Waals surface area contributed by atoms with E-state index in [1.807, 2.05) is 11.8 Å². The summed E-state index contributed by atoms with van der Waals surface area (Å²) >= 11 is 1.95. The molecule has 3 aliphatic heterocycles. The summed E-state index contributed by atoms with van der Waals surface area (Å²) in [6, 6.07) is 6.76. The number of nitrogens with zero attached hydrogens (tertiary/aromatic N) is 1. The first-order valence-electron chi connectivity index (χ1n) is 3.44. The van der Waals surface area contributed by atoms with Crippen LogP contribution < -0.4 is 4.90 Å². The molecule has 10 heavy (non-hydrogen) atoms. The van der Waals surface area contributed by atoms with Gasteiger partial charge in [-0.25, -0.2) is 0 Å². The van der Waals surface area contributed by atoms with Crippen LogP contribution in [0.5, 0.6) is 0 Å². The van der Waals surface area contributed by atoms with E-state index < -0.39 is 0 Å². The molecule has 0 aromatic heterocycles. The molecule has 0 saturated carbocycles. The van der Waals surface area contributed by atoms with E-state index in [1.54, 1.807) is 0 Å². The van der Waals surface area contributed by atoms with Crippen molar-refractivity contribution in [2.75, 3.05) is 10.8 Å². The van der Waals surface area contributed by atoms with Crippen molar-refractivity contribution in [2.24, 2.45) is 0 Å². The molecule has 3 heterocycles. The molecule has 4 rings (SSSR count). The van der Waals surface area contributed by atoms with E-state index in [0.29, 0.717) is 0 Å². The molecule has 0 radical (unpaired) electrons. The zero-order chi connectivity index (χ0) is 6.55. The summed E-state index contributed by atoms with van der Waals surface area (Å²) in [5.41, 5.74) is 2.91. The zero-order valence-electron chi connectivity index (χ0n) is 5.50. The molecule has 2 heteroatoms. The van der Waals surface area contributed by atoms with Gasteiger partial charge in [-0.15, -0.1) is 11.8 Å². The van der Waals surface area contributed by atoms with Gasteiger partial charge in [-0.1, -0.05) is 6.07 Å². The third-order valence-corrected chi connectivity index (χ3v) is 3.19. The van der Waals surface area contributed by atoms with Gasteiger partial charge in [0.25, 0.3) is 0 Å². The maximum atomic E-state index is 2.43. The monoisotopic (exact) mass is 149 g/mol. The molecular formula is C8H7NS. The van der Waals surface area contributed by atoms with Gasteiger partial charge in [0.05, 0.1) is 11.6 Å². The van der Waals surface area contributed by atoms with E-state index in [2.05, 4.69) is 23.1 Å². The SMILES string of the molecule is c1cc2c3cc1CN2CS3. The molecule has 0 aliphatic carbocycles. The molecule has 50 valence electrons. The third kappa shape index (κ3) is 0.465. The lowest BCUT2D eigenvalue weighted by atomic mass is 10.1. The van der Waals surface area contributed by atoms with Crippen molar-refractivity contribution in [1.82, 2.24) is 0 Å². The molecular weight excluding hydrogens is 142 g/mol. The Morgan fingerprint density at radius 1 is 1.40 bits per heavy atom. The van der Waals surface area contributed by atoms with Crippen molar-refractivity contribution in [3.63, 3.8) is 0 Å². The van der Waals surface area contributed by atoms with Crippen LogP contribution in [-0.4, -0.2) is 5.88 Å². The number of hydrogen-bond donors (Lipinski definition) is 0. The quantitative estimate of drug-likeness (QED) is 0.555. The summed E-state index contributed by atoms with van der Waals surface area (Å²) in [5.74, 6) is 1.16. The van der Waals surface area contributed by atoms with Gasteiger partial charge in [-0.2, -0.15) is 0 Å². The lowest BCUT2D eigenvalue weighted by molar-refractivity contribution is 0.876. The fourth-order valence-electron chi connectivity index (χ4n) is 1.60. The van der Waals surface area contributed by atoms with Gasteiger partial charge in [-0.3, -0.25) is 0 Å². The van der Waals surface area contributed by atoms with Crippen molar-refractivity contribution in [1.29, 1.82) is 0 Å². The molecule has 0 saturated heterocycles. The smallest absolute Gasteiger partial charge is 0.0690 e. The van der Waals surface area contributed by atoms with Gasteiger partial charge < -0.3 is 4.90 Å². The fourth-order valence-corrected chi connectivity index (χ4v) is 2.71. The van der Waals surface area contributed by atoms with Gasteiger partial charge in [-0.05, 0) is 17.7 Å². The number of anilines is 1. The summed E-state index contributed by atoms with van der Waals surface area (Å²) in [7, 11) is 0. The van der Waals surface area contributed by atoms with Crippen molar-refractivity contribution in [3.8, 4) is 0 Å². The molecule has 4 bridgehead atoms. The summed E-state index contributed by atoms with van der Waals surface area (Å²) < 4.78 is 0. The molecule has 3 aliphatic rings. The molecule has 0 N–H and O–H groups in total. The normalized spacial score (nSPS) is 18.6. The predicted molar refractivity (Wildman–Crippen MR) is 43.3 cm³/mol. The second kappa shape index (κ2) is 1.51. The Morgan fingerprint density at radius 2 is 2.40 bits per heavy atom. The molecule has 1 aromatic rings. The number of fused-ring (bicyclic) bond motifs is 1. The van der Waals surface area contributed by atoms with E-state index in [4.69, 9.17) is 0 Å². The average Bonchev–Trinajstić information content (AvgIpc) is 2.29. The van der Waals surface area contributed by atoms with Crippen LogP contribution in [0, 0.1) is 0 Å². The summed E-state index contributed by atoms with van der Waals surface area (Å²) in [6.45, 7) is 1.14. The van der Waals surface area contributed by atoms with Crippen LogP contribution >= 0.6 is 11.8 Å². The number of rotatable bonds is 0. The first kappa shape index (κ1) is 5.08. The van der Waals surface area contributed by atoms with E-state index in [1.165, 1.54) is 16.1 Å². The van der Waals surface area contributed by atoms with Crippen LogP contribution in [0.3, 0.4) is 0 Å². The Bertz CT molecular complexity index is 295. The number of hydrogen-bond acceptors (Lipinski definition) is 2. The Hall–Kier alpha value is -0.630. The van der Waals surface area contributed by atoms with E-state index in [9.17, 15) is 0 Å². The Morgan fingerprint density at radius 3 is 3.10 bits per heavy atom. The highest BCUT2D eigenvalue weighted by atomic mass is 32.2. The van der Waals surface area contributed by atoms with Gasteiger partial charge >= 0.3 is 0 Å². The average molecular weight is 149 g/mol. The van der Waals surface area contributed by atoms with E-state index in [-0.39, 0.29) is 0 Å². The van der Waals surface area contributed by atoms with Gasteiger partial charge in [0.2, 0.25) is 0 Å². The zero-order valence-corrected chi connectivity index (χ0v) is 6.32. The van der Waals surface area contributed by atoms with Gasteiger partial charge in [0.1, 0.15) is 0 Å². The first-order valence-corrected chi connectivity index (χ1v) is 4.43. The van der Waals surface area contributed by atoms with Crippen molar-refractivity contribution in [2.45, 2.75) is 11.4 Å². The van der Waals surface area contributed by atoms with E-state index in [0.717, 1.165) is 12.4 Å². The second-order valence-electron chi connectivity index (χ2n) is 2.77. The minimum Gasteiger partial charge on any atom is -0.357 e. The van der Waals surface area contributed by atoms with Crippen molar-refractivity contribution >= 4 is 17.4 Å². The molecule has 0 unspecified atom stereocenters. The summed E-state index contributed by atoms with van der Waals surface area (Å²) in [4.78, 5) is 3.90. The fraction of sp³-hybridized carbons (Fsp3) is 0.250. The molecule has 0 amide bonds. The number of thioether (sulfide) groups is 1. The van der Waals surface area contributed by atoms with Crippen LogP contribution in [0.25, 0.3) is 0 Å². The van der Waals surface area contributed by atoms with Gasteiger partial charge in [0.15, 0.2) is 0 Å². The predicted octanol–water partition coefficient (Wildman–Crippen LogP) is 2.07. The molecule has 0 fully saturated rings. The minimum absolute atomic E-state index is 1.14. The standard InChI is InChI=1S/C8H7NS/c1-2-7-8-3-6(1)4-9(7)5-10-8/h1-3H,4-5H2. The molecule has 1 aromatic carbocycles. The van der Waals surface area contributed by atoms with Crippen LogP contribution in [0.2, 0.25) is 0 Å². The Labute approximate surface area is 64.0 Å². The van der Waals surface area contributed by atoms with Crippen LogP contribution in [-0.2, 0) is 6.54 Å². The minimum atomic E-state index is 1.14. The highest BCUT2D eigenvalue weighted by molar-refractivity contribution is 7.99. The maximum absolute atomic E-state index is 2.43. The molecule has 1 nitrogen and oxygen atoms in total. The first-order chi connectivity index (χ1) is 4.93. The number of benzene rings is 1. The van der Waals surface area contributed by atoms with E-state index >= 15 is 0 Å². The topological polar surface area (TPSA) is 3.24 Å². The van der Waals surface area contributed by atoms with Crippen LogP contribution in [0.4, 0.5) is 5.69 Å². The summed E-state index contributed by atoms with van der Waals surface area (Å²) in [5, 5.41) is 0. The van der Waals surface area contributed by atoms with Crippen molar-refractivity contribution < 1.29 is 0 Å². The molecule has 0 atom stereocenters. The Balaban J connectivity index is 2.40. The van der Waals surface area contributed by atoms with Gasteiger partial charge in [0, 0.05) is 11.4 Å². The highest BCUT2D eigenvalue weighted by Crippen LogP contribution is 2.43.